The number of aromatic nitrogens is 1. The first-order chi connectivity index (χ1) is 8.33. The summed E-state index contributed by atoms with van der Waals surface area (Å²) in [5, 5.41) is 0. The summed E-state index contributed by atoms with van der Waals surface area (Å²) in [5.74, 6) is 0.875. The fraction of sp³-hybridized carbons (Fsp3) is 0.133. The Labute approximate surface area is 102 Å². The van der Waals surface area contributed by atoms with Crippen molar-refractivity contribution < 1.29 is 4.74 Å². The monoisotopic (exact) mass is 225 g/mol. The zero-order chi connectivity index (χ0) is 12.1. The van der Waals surface area contributed by atoms with Crippen molar-refractivity contribution in [2.24, 2.45) is 0 Å². The Morgan fingerprint density at radius 1 is 1.29 bits per heavy atom. The normalized spacial score (nSPS) is 9.94. The van der Waals surface area contributed by atoms with Crippen molar-refractivity contribution in [3.8, 4) is 17.0 Å². The third kappa shape index (κ3) is 2.72. The minimum Gasteiger partial charge on any atom is -0.494 e. The van der Waals surface area contributed by atoms with Gasteiger partial charge in [0.05, 0.1) is 12.3 Å². The Morgan fingerprint density at radius 2 is 2.18 bits per heavy atom. The van der Waals surface area contributed by atoms with Crippen LogP contribution in [0.4, 0.5) is 0 Å². The van der Waals surface area contributed by atoms with E-state index in [-0.39, 0.29) is 0 Å². The third-order valence-corrected chi connectivity index (χ3v) is 2.46. The average Bonchev–Trinajstić information content (AvgIpc) is 2.40. The number of rotatable bonds is 4. The largest absolute Gasteiger partial charge is 0.494 e. The van der Waals surface area contributed by atoms with E-state index >= 15 is 0 Å². The van der Waals surface area contributed by atoms with Gasteiger partial charge in [-0.2, -0.15) is 0 Å². The lowest BCUT2D eigenvalue weighted by molar-refractivity contribution is 0.340. The molecule has 0 atom stereocenters. The highest BCUT2D eigenvalue weighted by Crippen LogP contribution is 2.22. The molecule has 0 amide bonds. The SMILES string of the molecule is C=Cc1ccc(-c2cccc(OCC)c2)nc1. The summed E-state index contributed by atoms with van der Waals surface area (Å²) in [6.45, 7) is 6.36. The average molecular weight is 225 g/mol. The van der Waals surface area contributed by atoms with Crippen molar-refractivity contribution in [3.63, 3.8) is 0 Å². The van der Waals surface area contributed by atoms with E-state index in [0.717, 1.165) is 22.6 Å². The topological polar surface area (TPSA) is 22.1 Å². The van der Waals surface area contributed by atoms with Crippen LogP contribution in [0, 0.1) is 0 Å². The van der Waals surface area contributed by atoms with Crippen LogP contribution in [0.3, 0.4) is 0 Å². The van der Waals surface area contributed by atoms with Crippen LogP contribution in [0.25, 0.3) is 17.3 Å². The van der Waals surface area contributed by atoms with Crippen molar-refractivity contribution in [2.45, 2.75) is 6.92 Å². The lowest BCUT2D eigenvalue weighted by atomic mass is 10.1. The van der Waals surface area contributed by atoms with Crippen LogP contribution in [0.1, 0.15) is 12.5 Å². The standard InChI is InChI=1S/C15H15NO/c1-3-12-8-9-15(16-11-12)13-6-5-7-14(10-13)17-4-2/h3,5-11H,1,4H2,2H3. The van der Waals surface area contributed by atoms with Crippen molar-refractivity contribution in [1.82, 2.24) is 4.98 Å². The minimum absolute atomic E-state index is 0.673. The predicted molar refractivity (Wildman–Crippen MR) is 70.9 cm³/mol. The Kier molecular flexibility index (Phi) is 3.55. The smallest absolute Gasteiger partial charge is 0.119 e. The number of hydrogen-bond donors (Lipinski definition) is 0. The van der Waals surface area contributed by atoms with Crippen LogP contribution in [0.5, 0.6) is 5.75 Å². The van der Waals surface area contributed by atoms with Gasteiger partial charge in [-0.25, -0.2) is 0 Å². The molecule has 0 saturated heterocycles. The molecule has 0 aliphatic heterocycles. The van der Waals surface area contributed by atoms with E-state index in [1.807, 2.05) is 49.5 Å². The van der Waals surface area contributed by atoms with Crippen LogP contribution in [0.15, 0.2) is 49.2 Å². The predicted octanol–water partition coefficient (Wildman–Crippen LogP) is 3.79. The van der Waals surface area contributed by atoms with E-state index in [9.17, 15) is 0 Å². The van der Waals surface area contributed by atoms with Crippen LogP contribution < -0.4 is 4.74 Å². The molecule has 2 heteroatoms. The summed E-state index contributed by atoms with van der Waals surface area (Å²) in [4.78, 5) is 4.39. The molecule has 0 aliphatic rings. The first-order valence-electron chi connectivity index (χ1n) is 5.65. The lowest BCUT2D eigenvalue weighted by Crippen LogP contribution is -1.91. The number of nitrogens with zero attached hydrogens (tertiary/aromatic N) is 1. The van der Waals surface area contributed by atoms with Gasteiger partial charge in [-0.3, -0.25) is 4.98 Å². The van der Waals surface area contributed by atoms with Gasteiger partial charge < -0.3 is 4.74 Å². The van der Waals surface area contributed by atoms with E-state index < -0.39 is 0 Å². The van der Waals surface area contributed by atoms with Crippen LogP contribution in [-0.4, -0.2) is 11.6 Å². The van der Waals surface area contributed by atoms with E-state index in [0.29, 0.717) is 6.61 Å². The molecule has 0 unspecified atom stereocenters. The van der Waals surface area contributed by atoms with Gasteiger partial charge in [-0.1, -0.05) is 30.9 Å². The Balaban J connectivity index is 2.31. The van der Waals surface area contributed by atoms with E-state index in [4.69, 9.17) is 4.74 Å². The summed E-state index contributed by atoms with van der Waals surface area (Å²) in [7, 11) is 0. The summed E-state index contributed by atoms with van der Waals surface area (Å²) in [5.41, 5.74) is 3.03. The quantitative estimate of drug-likeness (QED) is 0.789. The molecule has 2 rings (SSSR count). The van der Waals surface area contributed by atoms with Gasteiger partial charge in [-0.15, -0.1) is 0 Å². The van der Waals surface area contributed by atoms with Crippen LogP contribution >= 0.6 is 0 Å². The highest BCUT2D eigenvalue weighted by molar-refractivity contribution is 5.62. The first kappa shape index (κ1) is 11.4. The van der Waals surface area contributed by atoms with Gasteiger partial charge in [-0.05, 0) is 30.7 Å². The van der Waals surface area contributed by atoms with Crippen LogP contribution in [0.2, 0.25) is 0 Å². The van der Waals surface area contributed by atoms with Crippen molar-refractivity contribution in [1.29, 1.82) is 0 Å². The second-order valence-electron chi connectivity index (χ2n) is 3.64. The maximum absolute atomic E-state index is 5.47. The molecule has 0 bridgehead atoms. The summed E-state index contributed by atoms with van der Waals surface area (Å²) in [6, 6.07) is 11.9. The molecule has 0 aliphatic carbocycles. The fourth-order valence-electron chi connectivity index (χ4n) is 1.61. The molecule has 0 radical (unpaired) electrons. The summed E-state index contributed by atoms with van der Waals surface area (Å²) >= 11 is 0. The highest BCUT2D eigenvalue weighted by atomic mass is 16.5. The number of pyridine rings is 1. The second kappa shape index (κ2) is 5.30. The van der Waals surface area contributed by atoms with Crippen molar-refractivity contribution in [2.75, 3.05) is 6.61 Å². The van der Waals surface area contributed by atoms with Crippen molar-refractivity contribution >= 4 is 6.08 Å². The van der Waals surface area contributed by atoms with Gasteiger partial charge in [0.2, 0.25) is 0 Å². The van der Waals surface area contributed by atoms with Gasteiger partial charge in [0.25, 0.3) is 0 Å². The minimum atomic E-state index is 0.673. The zero-order valence-corrected chi connectivity index (χ0v) is 9.89. The Morgan fingerprint density at radius 3 is 2.82 bits per heavy atom. The van der Waals surface area contributed by atoms with Crippen molar-refractivity contribution in [3.05, 3.63) is 54.7 Å². The maximum atomic E-state index is 5.47. The van der Waals surface area contributed by atoms with Gasteiger partial charge >= 0.3 is 0 Å². The zero-order valence-electron chi connectivity index (χ0n) is 9.89. The molecule has 1 aromatic carbocycles. The lowest BCUT2D eigenvalue weighted by Gasteiger charge is -2.05. The number of benzene rings is 1. The molecule has 1 heterocycles. The molecular formula is C15H15NO. The molecule has 2 nitrogen and oxygen atoms in total. The molecular weight excluding hydrogens is 210 g/mol. The summed E-state index contributed by atoms with van der Waals surface area (Å²) < 4.78 is 5.47. The molecule has 0 N–H and O–H groups in total. The van der Waals surface area contributed by atoms with E-state index in [1.54, 1.807) is 6.08 Å². The highest BCUT2D eigenvalue weighted by Gasteiger charge is 2.00. The Bertz CT molecular complexity index is 503. The van der Waals surface area contributed by atoms with Gasteiger partial charge in [0, 0.05) is 11.8 Å². The summed E-state index contributed by atoms with van der Waals surface area (Å²) in [6.07, 6.45) is 3.60. The Hall–Kier alpha value is -2.09. The van der Waals surface area contributed by atoms with Crippen LogP contribution in [-0.2, 0) is 0 Å². The van der Waals surface area contributed by atoms with E-state index in [1.165, 1.54) is 0 Å². The molecule has 2 aromatic rings. The first-order valence-corrected chi connectivity index (χ1v) is 5.65. The maximum Gasteiger partial charge on any atom is 0.119 e. The fourth-order valence-corrected chi connectivity index (χ4v) is 1.61. The molecule has 0 fully saturated rings. The molecule has 0 saturated carbocycles. The number of hydrogen-bond acceptors (Lipinski definition) is 2. The molecule has 0 spiro atoms. The molecule has 1 aromatic heterocycles. The van der Waals surface area contributed by atoms with E-state index in [2.05, 4.69) is 11.6 Å². The molecule has 86 valence electrons. The number of ether oxygens (including phenoxy) is 1. The second-order valence-corrected chi connectivity index (χ2v) is 3.64. The third-order valence-electron chi connectivity index (χ3n) is 2.46. The van der Waals surface area contributed by atoms with Gasteiger partial charge in [0.1, 0.15) is 5.75 Å². The van der Waals surface area contributed by atoms with Gasteiger partial charge in [0.15, 0.2) is 0 Å². The molecule has 17 heavy (non-hydrogen) atoms.